The SMILES string of the molecule is CN(C)C(=O)c1cc2cnc(Cc3ccc(N4CC5(CC6CCC(C5)N6)OC4=O)cn3)nc2n1C1CCCC1. The van der Waals surface area contributed by atoms with E-state index < -0.39 is 5.60 Å². The van der Waals surface area contributed by atoms with Crippen LogP contribution in [0.4, 0.5) is 10.5 Å². The number of piperidine rings is 1. The van der Waals surface area contributed by atoms with Gasteiger partial charge in [-0.15, -0.1) is 0 Å². The van der Waals surface area contributed by atoms with Crippen molar-refractivity contribution in [3.63, 3.8) is 0 Å². The molecule has 2 unspecified atom stereocenters. The van der Waals surface area contributed by atoms with Crippen LogP contribution in [0, 0.1) is 0 Å². The number of hydrogen-bond acceptors (Lipinski definition) is 7. The van der Waals surface area contributed by atoms with Gasteiger partial charge >= 0.3 is 6.09 Å². The predicted molar refractivity (Wildman–Crippen MR) is 146 cm³/mol. The van der Waals surface area contributed by atoms with Crippen LogP contribution in [0.15, 0.2) is 30.6 Å². The first-order valence-corrected chi connectivity index (χ1v) is 14.2. The van der Waals surface area contributed by atoms with Crippen LogP contribution in [0.2, 0.25) is 0 Å². The third kappa shape index (κ3) is 4.34. The summed E-state index contributed by atoms with van der Waals surface area (Å²) in [5, 5.41) is 4.51. The highest BCUT2D eigenvalue weighted by Crippen LogP contribution is 2.41. The maximum Gasteiger partial charge on any atom is 0.415 e. The second kappa shape index (κ2) is 9.29. The molecule has 3 aromatic rings. The van der Waals surface area contributed by atoms with E-state index in [2.05, 4.69) is 19.9 Å². The second-order valence-corrected chi connectivity index (χ2v) is 12.0. The molecule has 39 heavy (non-hydrogen) atoms. The van der Waals surface area contributed by atoms with Crippen molar-refractivity contribution in [2.24, 2.45) is 0 Å². The Morgan fingerprint density at radius 1 is 1.10 bits per heavy atom. The molecule has 3 aliphatic heterocycles. The minimum atomic E-state index is -0.392. The van der Waals surface area contributed by atoms with E-state index in [9.17, 15) is 9.59 Å². The Hall–Kier alpha value is -3.53. The first-order valence-electron chi connectivity index (χ1n) is 14.2. The largest absolute Gasteiger partial charge is 0.441 e. The average molecular weight is 530 g/mol. The molecule has 3 aromatic heterocycles. The molecule has 1 aliphatic carbocycles. The van der Waals surface area contributed by atoms with Gasteiger partial charge in [0.15, 0.2) is 0 Å². The number of ether oxygens (including phenoxy) is 1. The van der Waals surface area contributed by atoms with Crippen LogP contribution in [0.3, 0.4) is 0 Å². The minimum Gasteiger partial charge on any atom is -0.441 e. The summed E-state index contributed by atoms with van der Waals surface area (Å²) in [5.74, 6) is 0.645. The van der Waals surface area contributed by atoms with Gasteiger partial charge in [-0.3, -0.25) is 14.7 Å². The van der Waals surface area contributed by atoms with Gasteiger partial charge in [-0.25, -0.2) is 14.8 Å². The van der Waals surface area contributed by atoms with Crippen molar-refractivity contribution in [3.05, 3.63) is 47.8 Å². The number of carbonyl (C=O) groups is 2. The Bertz CT molecular complexity index is 1410. The van der Waals surface area contributed by atoms with Gasteiger partial charge in [0.2, 0.25) is 0 Å². The third-order valence-electron chi connectivity index (χ3n) is 8.94. The summed E-state index contributed by atoms with van der Waals surface area (Å²) in [5.41, 5.74) is 2.67. The molecule has 0 radical (unpaired) electrons. The van der Waals surface area contributed by atoms with Gasteiger partial charge in [0.05, 0.1) is 24.8 Å². The van der Waals surface area contributed by atoms with E-state index in [4.69, 9.17) is 9.72 Å². The number of anilines is 1. The van der Waals surface area contributed by atoms with Crippen LogP contribution in [0.25, 0.3) is 11.0 Å². The van der Waals surface area contributed by atoms with Crippen LogP contribution < -0.4 is 10.2 Å². The number of fused-ring (bicyclic) bond motifs is 3. The van der Waals surface area contributed by atoms with Crippen molar-refractivity contribution in [2.45, 2.75) is 81.5 Å². The summed E-state index contributed by atoms with van der Waals surface area (Å²) in [6.45, 7) is 0.577. The van der Waals surface area contributed by atoms with Crippen LogP contribution in [0.1, 0.15) is 79.4 Å². The standard InChI is InChI=1S/C29H35N7O3/c1-34(2)27(37)24-11-18-15-31-25(33-26(18)36(24)22-5-3-4-6-22)12-19-9-10-23(16-30-19)35-17-29(39-28(35)38)13-20-7-8-21(14-29)32-20/h9-11,15-16,20-22,32H,3-8,12-14,17H2,1-2H3. The Morgan fingerprint density at radius 3 is 2.56 bits per heavy atom. The van der Waals surface area contributed by atoms with Crippen LogP contribution in [-0.4, -0.2) is 74.7 Å². The molecule has 6 heterocycles. The van der Waals surface area contributed by atoms with E-state index in [0.29, 0.717) is 36.6 Å². The van der Waals surface area contributed by atoms with Gasteiger partial charge in [0, 0.05) is 62.3 Å². The van der Waals surface area contributed by atoms with Crippen LogP contribution >= 0.6 is 0 Å². The van der Waals surface area contributed by atoms with E-state index >= 15 is 0 Å². The number of aromatic nitrogens is 4. The lowest BCUT2D eigenvalue weighted by Gasteiger charge is -2.36. The lowest BCUT2D eigenvalue weighted by Crippen LogP contribution is -2.50. The molecule has 0 aromatic carbocycles. The summed E-state index contributed by atoms with van der Waals surface area (Å²) in [6.07, 6.45) is 12.3. The van der Waals surface area contributed by atoms with Gasteiger partial charge < -0.3 is 19.5 Å². The predicted octanol–water partition coefficient (Wildman–Crippen LogP) is 3.84. The molecule has 1 saturated carbocycles. The molecular weight excluding hydrogens is 494 g/mol. The smallest absolute Gasteiger partial charge is 0.415 e. The second-order valence-electron chi connectivity index (χ2n) is 12.0. The molecule has 1 N–H and O–H groups in total. The van der Waals surface area contributed by atoms with Gasteiger partial charge in [-0.1, -0.05) is 12.8 Å². The van der Waals surface area contributed by atoms with E-state index in [-0.39, 0.29) is 18.0 Å². The lowest BCUT2D eigenvalue weighted by atomic mass is 9.87. The fourth-order valence-corrected chi connectivity index (χ4v) is 7.14. The molecule has 1 spiro atoms. The number of rotatable bonds is 5. The minimum absolute atomic E-state index is 0.0157. The highest BCUT2D eigenvalue weighted by Gasteiger charge is 2.52. The Kier molecular flexibility index (Phi) is 5.84. The molecule has 2 atom stereocenters. The number of carbonyl (C=O) groups excluding carboxylic acids is 2. The van der Waals surface area contributed by atoms with Crippen molar-refractivity contribution in [2.75, 3.05) is 25.5 Å². The highest BCUT2D eigenvalue weighted by molar-refractivity contribution is 5.97. The monoisotopic (exact) mass is 529 g/mol. The van der Waals surface area contributed by atoms with E-state index in [1.165, 1.54) is 0 Å². The number of nitrogens with zero attached hydrogens (tertiary/aromatic N) is 6. The Balaban J connectivity index is 1.11. The first kappa shape index (κ1) is 24.5. The van der Waals surface area contributed by atoms with Crippen molar-refractivity contribution in [1.29, 1.82) is 0 Å². The molecular formula is C29H35N7O3. The third-order valence-corrected chi connectivity index (χ3v) is 8.94. The summed E-state index contributed by atoms with van der Waals surface area (Å²) in [6, 6.07) is 6.96. The van der Waals surface area contributed by atoms with Gasteiger partial charge in [0.1, 0.15) is 22.8 Å². The van der Waals surface area contributed by atoms with Gasteiger partial charge in [-0.05, 0) is 43.9 Å². The summed E-state index contributed by atoms with van der Waals surface area (Å²) < 4.78 is 8.09. The summed E-state index contributed by atoms with van der Waals surface area (Å²) in [7, 11) is 3.56. The van der Waals surface area contributed by atoms with E-state index in [1.807, 2.05) is 24.4 Å². The maximum atomic E-state index is 13.0. The molecule has 4 aliphatic rings. The van der Waals surface area contributed by atoms with Crippen molar-refractivity contribution >= 4 is 28.7 Å². The molecule has 204 valence electrons. The quantitative estimate of drug-likeness (QED) is 0.535. The van der Waals surface area contributed by atoms with E-state index in [0.717, 1.165) is 73.8 Å². The fourth-order valence-electron chi connectivity index (χ4n) is 7.14. The summed E-state index contributed by atoms with van der Waals surface area (Å²) in [4.78, 5) is 43.3. The fraction of sp³-hybridized carbons (Fsp3) is 0.552. The van der Waals surface area contributed by atoms with E-state index in [1.54, 1.807) is 30.1 Å². The Labute approximate surface area is 227 Å². The van der Waals surface area contributed by atoms with Crippen molar-refractivity contribution in [1.82, 2.24) is 29.7 Å². The summed E-state index contributed by atoms with van der Waals surface area (Å²) >= 11 is 0. The maximum absolute atomic E-state index is 13.0. The van der Waals surface area contributed by atoms with Gasteiger partial charge in [-0.2, -0.15) is 0 Å². The number of hydrogen-bond donors (Lipinski definition) is 1. The number of amides is 2. The molecule has 3 saturated heterocycles. The first-order chi connectivity index (χ1) is 18.9. The molecule has 2 bridgehead atoms. The normalized spacial score (nSPS) is 26.6. The molecule has 10 heteroatoms. The van der Waals surface area contributed by atoms with Crippen LogP contribution in [0.5, 0.6) is 0 Å². The lowest BCUT2D eigenvalue weighted by molar-refractivity contribution is 0.0161. The molecule has 2 amide bonds. The average Bonchev–Trinajstić information content (AvgIpc) is 3.70. The van der Waals surface area contributed by atoms with Crippen LogP contribution in [-0.2, 0) is 11.2 Å². The zero-order chi connectivity index (χ0) is 26.7. The van der Waals surface area contributed by atoms with Crippen molar-refractivity contribution in [3.8, 4) is 0 Å². The zero-order valence-electron chi connectivity index (χ0n) is 22.6. The molecule has 7 rings (SSSR count). The number of nitrogens with one attached hydrogen (secondary N) is 1. The van der Waals surface area contributed by atoms with Gasteiger partial charge in [0.25, 0.3) is 5.91 Å². The van der Waals surface area contributed by atoms with Crippen molar-refractivity contribution < 1.29 is 14.3 Å². The Morgan fingerprint density at radius 2 is 1.87 bits per heavy atom. The number of pyridine rings is 1. The zero-order valence-corrected chi connectivity index (χ0v) is 22.6. The highest BCUT2D eigenvalue weighted by atomic mass is 16.6. The molecule has 4 fully saturated rings. The molecule has 10 nitrogen and oxygen atoms in total. The topological polar surface area (TPSA) is 105 Å².